The van der Waals surface area contributed by atoms with E-state index in [1.54, 1.807) is 42.5 Å². The molecule has 0 aliphatic carbocycles. The zero-order valence-electron chi connectivity index (χ0n) is 19.9. The van der Waals surface area contributed by atoms with Crippen molar-refractivity contribution in [1.82, 2.24) is 0 Å². The van der Waals surface area contributed by atoms with Gasteiger partial charge in [0.1, 0.15) is 5.25 Å². The molecule has 1 atom stereocenters. The number of nitrogens with two attached hydrogens (primary N) is 1. The smallest absolute Gasteiger partial charge is 0.269 e. The molecule has 0 saturated carbocycles. The first-order chi connectivity index (χ1) is 18.3. The summed E-state index contributed by atoms with van der Waals surface area (Å²) in [5.74, 6) is -1.24. The Morgan fingerprint density at radius 3 is 2.05 bits per heavy atom. The van der Waals surface area contributed by atoms with Crippen LogP contribution in [0.2, 0.25) is 0 Å². The van der Waals surface area contributed by atoms with Crippen molar-refractivity contribution >= 4 is 46.5 Å². The van der Waals surface area contributed by atoms with Crippen LogP contribution >= 0.6 is 11.8 Å². The van der Waals surface area contributed by atoms with Crippen LogP contribution in [0.3, 0.4) is 0 Å². The van der Waals surface area contributed by atoms with Gasteiger partial charge in [-0.05, 0) is 60.2 Å². The normalized spacial score (nSPS) is 11.3. The predicted octanol–water partition coefficient (Wildman–Crippen LogP) is 5.42. The summed E-state index contributed by atoms with van der Waals surface area (Å²) in [5, 5.41) is 15.9. The fourth-order valence-corrected chi connectivity index (χ4v) is 4.63. The van der Waals surface area contributed by atoms with Gasteiger partial charge in [-0.1, -0.05) is 36.4 Å². The highest BCUT2D eigenvalue weighted by Gasteiger charge is 2.22. The summed E-state index contributed by atoms with van der Waals surface area (Å²) in [6.45, 7) is 0. The molecule has 9 nitrogen and oxygen atoms in total. The van der Waals surface area contributed by atoms with Gasteiger partial charge >= 0.3 is 0 Å². The minimum Gasteiger partial charge on any atom is -0.366 e. The van der Waals surface area contributed by atoms with E-state index in [0.29, 0.717) is 16.9 Å². The molecule has 0 fully saturated rings. The first-order valence-electron chi connectivity index (χ1n) is 11.4. The third-order valence-corrected chi connectivity index (χ3v) is 6.71. The molecule has 0 aliphatic rings. The van der Waals surface area contributed by atoms with Crippen LogP contribution in [0.5, 0.6) is 0 Å². The van der Waals surface area contributed by atoms with Gasteiger partial charge in [0.25, 0.3) is 11.6 Å². The molecule has 0 spiro atoms. The summed E-state index contributed by atoms with van der Waals surface area (Å²) < 4.78 is 0. The Bertz CT molecular complexity index is 1480. The molecular formula is C28H22N4O5S. The largest absolute Gasteiger partial charge is 0.366 e. The summed E-state index contributed by atoms with van der Waals surface area (Å²) in [4.78, 5) is 48.3. The summed E-state index contributed by atoms with van der Waals surface area (Å²) in [6, 6.07) is 27.9. The lowest BCUT2D eigenvalue weighted by Crippen LogP contribution is -2.19. The van der Waals surface area contributed by atoms with Gasteiger partial charge in [0, 0.05) is 39.5 Å². The lowest BCUT2D eigenvalue weighted by Gasteiger charge is -2.18. The zero-order valence-corrected chi connectivity index (χ0v) is 20.7. The summed E-state index contributed by atoms with van der Waals surface area (Å²) in [5.41, 5.74) is 7.61. The first kappa shape index (κ1) is 26.1. The SMILES string of the molecule is NC(=O)c1ccc(NC(=O)C(Sc2cccc(NC(=O)c3ccc([N+](=O)[O-])cc3)c2)c2ccccc2)cc1. The Labute approximate surface area is 222 Å². The second kappa shape index (κ2) is 11.8. The van der Waals surface area contributed by atoms with E-state index in [2.05, 4.69) is 10.6 Å². The number of hydrogen-bond acceptors (Lipinski definition) is 6. The molecular weight excluding hydrogens is 504 g/mol. The van der Waals surface area contributed by atoms with E-state index in [4.69, 9.17) is 5.73 Å². The molecule has 0 aromatic heterocycles. The van der Waals surface area contributed by atoms with E-state index in [1.165, 1.54) is 36.0 Å². The molecule has 190 valence electrons. The number of hydrogen-bond donors (Lipinski definition) is 3. The molecule has 38 heavy (non-hydrogen) atoms. The van der Waals surface area contributed by atoms with E-state index >= 15 is 0 Å². The van der Waals surface area contributed by atoms with Gasteiger partial charge in [0.15, 0.2) is 0 Å². The molecule has 0 saturated heterocycles. The fourth-order valence-electron chi connectivity index (χ4n) is 3.55. The number of nitrogens with zero attached hydrogens (tertiary/aromatic N) is 1. The molecule has 0 heterocycles. The van der Waals surface area contributed by atoms with Crippen LogP contribution in [0.25, 0.3) is 0 Å². The summed E-state index contributed by atoms with van der Waals surface area (Å²) in [6.07, 6.45) is 0. The molecule has 0 bridgehead atoms. The Hall–Kier alpha value is -4.96. The van der Waals surface area contributed by atoms with Crippen LogP contribution in [-0.4, -0.2) is 22.6 Å². The number of anilines is 2. The molecule has 0 radical (unpaired) electrons. The predicted molar refractivity (Wildman–Crippen MR) is 146 cm³/mol. The van der Waals surface area contributed by atoms with Gasteiger partial charge in [-0.3, -0.25) is 24.5 Å². The first-order valence-corrected chi connectivity index (χ1v) is 12.3. The Morgan fingerprint density at radius 2 is 1.42 bits per heavy atom. The topological polar surface area (TPSA) is 144 Å². The molecule has 4 rings (SSSR count). The number of rotatable bonds is 9. The minimum atomic E-state index is -0.618. The number of thioether (sulfide) groups is 1. The Balaban J connectivity index is 1.51. The number of carbonyl (C=O) groups is 3. The van der Waals surface area contributed by atoms with E-state index in [9.17, 15) is 24.5 Å². The van der Waals surface area contributed by atoms with Gasteiger partial charge in [-0.2, -0.15) is 0 Å². The highest BCUT2D eigenvalue weighted by Crippen LogP contribution is 2.37. The van der Waals surface area contributed by atoms with Crippen molar-refractivity contribution in [3.05, 3.63) is 130 Å². The van der Waals surface area contributed by atoms with Crippen molar-refractivity contribution in [3.8, 4) is 0 Å². The average Bonchev–Trinajstić information content (AvgIpc) is 2.92. The summed E-state index contributed by atoms with van der Waals surface area (Å²) in [7, 11) is 0. The summed E-state index contributed by atoms with van der Waals surface area (Å²) >= 11 is 1.31. The van der Waals surface area contributed by atoms with Gasteiger partial charge < -0.3 is 16.4 Å². The molecule has 10 heteroatoms. The van der Waals surface area contributed by atoms with Crippen molar-refractivity contribution in [2.24, 2.45) is 5.73 Å². The second-order valence-corrected chi connectivity index (χ2v) is 9.30. The standard InChI is InChI=1S/C28H22N4O5S/c29-26(33)19-9-13-21(14-10-19)30-28(35)25(18-5-2-1-3-6-18)38-24-8-4-7-22(17-24)31-27(34)20-11-15-23(16-12-20)32(36)37/h1-17,25H,(H2,29,33)(H,30,35)(H,31,34). The van der Waals surface area contributed by atoms with Gasteiger partial charge in [-0.25, -0.2) is 0 Å². The van der Waals surface area contributed by atoms with Crippen LogP contribution < -0.4 is 16.4 Å². The van der Waals surface area contributed by atoms with E-state index < -0.39 is 22.0 Å². The lowest BCUT2D eigenvalue weighted by molar-refractivity contribution is -0.384. The van der Waals surface area contributed by atoms with Crippen LogP contribution in [-0.2, 0) is 4.79 Å². The number of amides is 3. The van der Waals surface area contributed by atoms with Crippen LogP contribution in [0.4, 0.5) is 17.1 Å². The molecule has 4 aromatic carbocycles. The number of non-ortho nitro benzene ring substituents is 1. The zero-order chi connectivity index (χ0) is 27.1. The maximum Gasteiger partial charge on any atom is 0.269 e. The van der Waals surface area contributed by atoms with Crippen LogP contribution in [0.15, 0.2) is 108 Å². The number of nitro benzene ring substituents is 1. The molecule has 0 aliphatic heterocycles. The highest BCUT2D eigenvalue weighted by molar-refractivity contribution is 8.00. The highest BCUT2D eigenvalue weighted by atomic mass is 32.2. The number of carbonyl (C=O) groups excluding carboxylic acids is 3. The molecule has 4 aromatic rings. The van der Waals surface area contributed by atoms with Crippen molar-refractivity contribution < 1.29 is 19.3 Å². The minimum absolute atomic E-state index is 0.103. The third kappa shape index (κ3) is 6.62. The van der Waals surface area contributed by atoms with Crippen LogP contribution in [0, 0.1) is 10.1 Å². The number of nitro groups is 1. The van der Waals surface area contributed by atoms with Crippen molar-refractivity contribution in [1.29, 1.82) is 0 Å². The molecule has 3 amide bonds. The van der Waals surface area contributed by atoms with Crippen LogP contribution in [0.1, 0.15) is 31.5 Å². The van der Waals surface area contributed by atoms with Gasteiger partial charge in [-0.15, -0.1) is 11.8 Å². The number of benzene rings is 4. The third-order valence-electron chi connectivity index (χ3n) is 5.46. The molecule has 4 N–H and O–H groups in total. The average molecular weight is 527 g/mol. The number of primary amides is 1. The van der Waals surface area contributed by atoms with Gasteiger partial charge in [0.05, 0.1) is 4.92 Å². The Kier molecular flexibility index (Phi) is 8.14. The fraction of sp³-hybridized carbons (Fsp3) is 0.0357. The number of nitrogens with one attached hydrogen (secondary N) is 2. The maximum absolute atomic E-state index is 13.3. The monoisotopic (exact) mass is 526 g/mol. The second-order valence-electron chi connectivity index (χ2n) is 8.13. The van der Waals surface area contributed by atoms with E-state index in [1.807, 2.05) is 36.4 Å². The van der Waals surface area contributed by atoms with Crippen molar-refractivity contribution in [2.75, 3.05) is 10.6 Å². The van der Waals surface area contributed by atoms with Crippen molar-refractivity contribution in [3.63, 3.8) is 0 Å². The van der Waals surface area contributed by atoms with E-state index in [0.717, 1.165) is 10.5 Å². The van der Waals surface area contributed by atoms with Crippen molar-refractivity contribution in [2.45, 2.75) is 10.1 Å². The van der Waals surface area contributed by atoms with Gasteiger partial charge in [0.2, 0.25) is 11.8 Å². The molecule has 1 unspecified atom stereocenters. The van der Waals surface area contributed by atoms with E-state index in [-0.39, 0.29) is 17.2 Å². The quantitative estimate of drug-likeness (QED) is 0.151. The Morgan fingerprint density at radius 1 is 0.763 bits per heavy atom. The maximum atomic E-state index is 13.3. The lowest BCUT2D eigenvalue weighted by atomic mass is 10.1.